The molecule has 0 aliphatic rings. The molecule has 0 unspecified atom stereocenters. The van der Waals surface area contributed by atoms with Crippen molar-refractivity contribution in [1.82, 2.24) is 4.57 Å². The average molecular weight is 371 g/mol. The molecule has 0 atom stereocenters. The number of benzene rings is 3. The highest BCUT2D eigenvalue weighted by molar-refractivity contribution is 6.02. The van der Waals surface area contributed by atoms with Crippen molar-refractivity contribution in [2.45, 2.75) is 6.92 Å². The molecule has 3 aromatic carbocycles. The zero-order chi connectivity index (χ0) is 19.7. The Labute approximate surface area is 163 Å². The number of hydrogen-bond acceptors (Lipinski definition) is 2. The number of aryl methyl sites for hydroxylation is 2. The molecule has 0 amide bonds. The third kappa shape index (κ3) is 3.14. The predicted octanol–water partition coefficient (Wildman–Crippen LogP) is 5.28. The standard InChI is InChI=1S/C24H21NO3/c1-16-23-20(17-11-13-19(14-12-17)28-15-22(26)27)9-6-10-21(23)25(2)24(16)18-7-4-3-5-8-18/h3-14H,15H2,1-2H3,(H,26,27). The molecule has 0 saturated heterocycles. The van der Waals surface area contributed by atoms with Crippen LogP contribution in [0.15, 0.2) is 72.8 Å². The van der Waals surface area contributed by atoms with Crippen LogP contribution in [-0.2, 0) is 11.8 Å². The zero-order valence-corrected chi connectivity index (χ0v) is 15.8. The smallest absolute Gasteiger partial charge is 0.341 e. The number of carboxylic acids is 1. The van der Waals surface area contributed by atoms with Gasteiger partial charge in [-0.15, -0.1) is 0 Å². The maximum absolute atomic E-state index is 10.7. The number of rotatable bonds is 5. The Hall–Kier alpha value is -3.53. The number of hydrogen-bond donors (Lipinski definition) is 1. The molecule has 0 spiro atoms. The normalized spacial score (nSPS) is 10.9. The molecule has 1 N–H and O–H groups in total. The van der Waals surface area contributed by atoms with E-state index < -0.39 is 5.97 Å². The summed E-state index contributed by atoms with van der Waals surface area (Å²) in [6.45, 7) is 1.83. The summed E-state index contributed by atoms with van der Waals surface area (Å²) < 4.78 is 7.49. The second-order valence-corrected chi connectivity index (χ2v) is 6.81. The van der Waals surface area contributed by atoms with E-state index in [9.17, 15) is 4.79 Å². The lowest BCUT2D eigenvalue weighted by Gasteiger charge is -2.08. The van der Waals surface area contributed by atoms with E-state index in [-0.39, 0.29) is 6.61 Å². The van der Waals surface area contributed by atoms with E-state index in [4.69, 9.17) is 9.84 Å². The van der Waals surface area contributed by atoms with Gasteiger partial charge in [0.15, 0.2) is 6.61 Å². The molecule has 0 saturated carbocycles. The lowest BCUT2D eigenvalue weighted by atomic mass is 9.98. The summed E-state index contributed by atoms with van der Waals surface area (Å²) in [6.07, 6.45) is 0. The number of nitrogens with zero attached hydrogens (tertiary/aromatic N) is 1. The SMILES string of the molecule is Cc1c(-c2ccccc2)n(C)c2cccc(-c3ccc(OCC(=O)O)cc3)c12. The number of fused-ring (bicyclic) bond motifs is 1. The molecule has 140 valence electrons. The fourth-order valence-corrected chi connectivity index (χ4v) is 3.83. The van der Waals surface area contributed by atoms with Crippen molar-refractivity contribution in [2.24, 2.45) is 7.05 Å². The summed E-state index contributed by atoms with van der Waals surface area (Å²) in [5.74, 6) is -0.435. The molecular formula is C24H21NO3. The number of aliphatic carboxylic acids is 1. The number of aromatic nitrogens is 1. The Bertz CT molecular complexity index is 1140. The number of carboxylic acid groups (broad SMARTS) is 1. The minimum absolute atomic E-state index is 0.340. The second-order valence-electron chi connectivity index (χ2n) is 6.81. The van der Waals surface area contributed by atoms with Gasteiger partial charge in [0.05, 0.1) is 5.69 Å². The highest BCUT2D eigenvalue weighted by Gasteiger charge is 2.16. The van der Waals surface area contributed by atoms with Gasteiger partial charge in [0.25, 0.3) is 0 Å². The van der Waals surface area contributed by atoms with E-state index in [2.05, 4.69) is 61.0 Å². The maximum Gasteiger partial charge on any atom is 0.341 e. The van der Waals surface area contributed by atoms with Crippen LogP contribution in [0, 0.1) is 6.92 Å². The molecule has 28 heavy (non-hydrogen) atoms. The van der Waals surface area contributed by atoms with Crippen molar-refractivity contribution in [3.8, 4) is 28.1 Å². The summed E-state index contributed by atoms with van der Waals surface area (Å²) in [5, 5.41) is 9.98. The van der Waals surface area contributed by atoms with E-state index in [0.717, 1.165) is 11.1 Å². The van der Waals surface area contributed by atoms with Gasteiger partial charge in [-0.3, -0.25) is 0 Å². The van der Waals surface area contributed by atoms with Gasteiger partial charge in [0.2, 0.25) is 0 Å². The number of ether oxygens (including phenoxy) is 1. The van der Waals surface area contributed by atoms with Crippen molar-refractivity contribution in [3.63, 3.8) is 0 Å². The first-order valence-corrected chi connectivity index (χ1v) is 9.14. The molecule has 4 aromatic rings. The number of carbonyl (C=O) groups is 1. The molecule has 0 aliphatic carbocycles. The molecule has 4 nitrogen and oxygen atoms in total. The van der Waals surface area contributed by atoms with Crippen molar-refractivity contribution < 1.29 is 14.6 Å². The third-order valence-electron chi connectivity index (χ3n) is 5.04. The monoisotopic (exact) mass is 371 g/mol. The lowest BCUT2D eigenvalue weighted by molar-refractivity contribution is -0.139. The fourth-order valence-electron chi connectivity index (χ4n) is 3.83. The molecule has 0 bridgehead atoms. The Morgan fingerprint density at radius 3 is 2.32 bits per heavy atom. The Kier molecular flexibility index (Phi) is 4.62. The fraction of sp³-hybridized carbons (Fsp3) is 0.125. The molecular weight excluding hydrogens is 350 g/mol. The van der Waals surface area contributed by atoms with Crippen LogP contribution < -0.4 is 4.74 Å². The average Bonchev–Trinajstić information content (AvgIpc) is 2.98. The van der Waals surface area contributed by atoms with Crippen molar-refractivity contribution in [3.05, 3.63) is 78.4 Å². The Balaban J connectivity index is 1.82. The lowest BCUT2D eigenvalue weighted by Crippen LogP contribution is -2.09. The quantitative estimate of drug-likeness (QED) is 0.519. The van der Waals surface area contributed by atoms with Crippen molar-refractivity contribution in [1.29, 1.82) is 0 Å². The van der Waals surface area contributed by atoms with Gasteiger partial charge < -0.3 is 14.4 Å². The first-order chi connectivity index (χ1) is 13.6. The minimum atomic E-state index is -0.984. The first-order valence-electron chi connectivity index (χ1n) is 9.14. The summed E-state index contributed by atoms with van der Waals surface area (Å²) in [5.41, 5.74) is 7.05. The summed E-state index contributed by atoms with van der Waals surface area (Å²) in [7, 11) is 2.10. The van der Waals surface area contributed by atoms with Gasteiger partial charge in [-0.1, -0.05) is 54.6 Å². The van der Waals surface area contributed by atoms with Gasteiger partial charge >= 0.3 is 5.97 Å². The summed E-state index contributed by atoms with van der Waals surface area (Å²) in [4.78, 5) is 10.7. The first kappa shape index (κ1) is 17.9. The van der Waals surface area contributed by atoms with Crippen LogP contribution >= 0.6 is 0 Å². The Morgan fingerprint density at radius 2 is 1.64 bits per heavy atom. The van der Waals surface area contributed by atoms with E-state index in [0.29, 0.717) is 5.75 Å². The molecule has 1 aromatic heterocycles. The Morgan fingerprint density at radius 1 is 0.929 bits per heavy atom. The molecule has 0 radical (unpaired) electrons. The molecule has 0 fully saturated rings. The molecule has 1 heterocycles. The summed E-state index contributed by atoms with van der Waals surface area (Å²) in [6, 6.07) is 24.3. The van der Waals surface area contributed by atoms with Crippen LogP contribution in [0.1, 0.15) is 5.56 Å². The van der Waals surface area contributed by atoms with Gasteiger partial charge in [-0.05, 0) is 47.4 Å². The van der Waals surface area contributed by atoms with Gasteiger partial charge in [-0.2, -0.15) is 0 Å². The van der Waals surface area contributed by atoms with E-state index in [1.165, 1.54) is 27.7 Å². The van der Waals surface area contributed by atoms with Crippen molar-refractivity contribution in [2.75, 3.05) is 6.61 Å². The molecule has 4 heteroatoms. The second kappa shape index (κ2) is 7.24. The predicted molar refractivity (Wildman–Crippen MR) is 112 cm³/mol. The molecule has 4 rings (SSSR count). The van der Waals surface area contributed by atoms with E-state index in [1.807, 2.05) is 30.3 Å². The minimum Gasteiger partial charge on any atom is -0.482 e. The zero-order valence-electron chi connectivity index (χ0n) is 15.8. The van der Waals surface area contributed by atoms with Gasteiger partial charge in [0, 0.05) is 18.0 Å². The highest BCUT2D eigenvalue weighted by Crippen LogP contribution is 2.38. The van der Waals surface area contributed by atoms with Crippen LogP contribution in [0.25, 0.3) is 33.3 Å². The van der Waals surface area contributed by atoms with Gasteiger partial charge in [-0.25, -0.2) is 4.79 Å². The third-order valence-corrected chi connectivity index (χ3v) is 5.04. The van der Waals surface area contributed by atoms with Crippen molar-refractivity contribution >= 4 is 16.9 Å². The van der Waals surface area contributed by atoms with Crippen LogP contribution in [0.2, 0.25) is 0 Å². The van der Waals surface area contributed by atoms with Gasteiger partial charge in [0.1, 0.15) is 5.75 Å². The molecule has 0 aliphatic heterocycles. The van der Waals surface area contributed by atoms with Crippen LogP contribution in [0.4, 0.5) is 0 Å². The summed E-state index contributed by atoms with van der Waals surface area (Å²) >= 11 is 0. The van der Waals surface area contributed by atoms with Crippen LogP contribution in [-0.4, -0.2) is 22.2 Å². The maximum atomic E-state index is 10.7. The van der Waals surface area contributed by atoms with Crippen LogP contribution in [0.3, 0.4) is 0 Å². The van der Waals surface area contributed by atoms with E-state index >= 15 is 0 Å². The van der Waals surface area contributed by atoms with Crippen LogP contribution in [0.5, 0.6) is 5.75 Å². The largest absolute Gasteiger partial charge is 0.482 e. The van der Waals surface area contributed by atoms with E-state index in [1.54, 1.807) is 0 Å². The topological polar surface area (TPSA) is 51.5 Å². The highest BCUT2D eigenvalue weighted by atomic mass is 16.5.